The summed E-state index contributed by atoms with van der Waals surface area (Å²) in [6.07, 6.45) is 4.45. The van der Waals surface area contributed by atoms with E-state index < -0.39 is 12.3 Å². The highest BCUT2D eigenvalue weighted by Crippen LogP contribution is 2.33. The summed E-state index contributed by atoms with van der Waals surface area (Å²) in [5.74, 6) is 0.626. The summed E-state index contributed by atoms with van der Waals surface area (Å²) >= 11 is 0. The molecule has 0 bridgehead atoms. The van der Waals surface area contributed by atoms with Crippen molar-refractivity contribution in [3.05, 3.63) is 46.5 Å². The highest BCUT2D eigenvalue weighted by atomic mass is 19.1. The number of aliphatic hydroxyl groups is 1. The van der Waals surface area contributed by atoms with Gasteiger partial charge in [0.05, 0.1) is 12.3 Å². The van der Waals surface area contributed by atoms with Crippen LogP contribution in [0.2, 0.25) is 0 Å². The quantitative estimate of drug-likeness (QED) is 0.448. The van der Waals surface area contributed by atoms with Gasteiger partial charge in [0.15, 0.2) is 5.65 Å². The van der Waals surface area contributed by atoms with Gasteiger partial charge in [0.2, 0.25) is 0 Å². The van der Waals surface area contributed by atoms with Gasteiger partial charge in [-0.3, -0.25) is 9.59 Å². The van der Waals surface area contributed by atoms with E-state index in [0.29, 0.717) is 54.2 Å². The van der Waals surface area contributed by atoms with Crippen LogP contribution in [0.1, 0.15) is 48.5 Å². The number of aromatic nitrogens is 4. The number of nitrogens with zero attached hydrogens (tertiary/aromatic N) is 4. The zero-order valence-corrected chi connectivity index (χ0v) is 18.2. The Morgan fingerprint density at radius 3 is 2.79 bits per heavy atom. The Morgan fingerprint density at radius 1 is 1.27 bits per heavy atom. The number of aliphatic hydroxyl groups excluding tert-OH is 1. The summed E-state index contributed by atoms with van der Waals surface area (Å²) in [6.45, 7) is 0. The molecule has 2 aliphatic rings. The van der Waals surface area contributed by atoms with E-state index >= 15 is 0 Å². The van der Waals surface area contributed by atoms with E-state index in [2.05, 4.69) is 26.0 Å². The lowest BCUT2D eigenvalue weighted by Gasteiger charge is -2.31. The topological polar surface area (TPSA) is 126 Å². The van der Waals surface area contributed by atoms with E-state index in [4.69, 9.17) is 0 Å². The number of alkyl halides is 1. The average Bonchev–Trinajstić information content (AvgIpc) is 3.38. The predicted octanol–water partition coefficient (Wildman–Crippen LogP) is 1.99. The van der Waals surface area contributed by atoms with Crippen LogP contribution in [0.5, 0.6) is 0 Å². The van der Waals surface area contributed by atoms with Crippen molar-refractivity contribution in [3.63, 3.8) is 0 Å². The van der Waals surface area contributed by atoms with Gasteiger partial charge in [-0.1, -0.05) is 0 Å². The number of rotatable bonds is 6. The molecule has 5 rings (SSSR count). The Morgan fingerprint density at radius 2 is 2.09 bits per heavy atom. The number of hydrogen-bond acceptors (Lipinski definition) is 7. The molecule has 4 N–H and O–H groups in total. The van der Waals surface area contributed by atoms with Crippen LogP contribution in [-0.2, 0) is 0 Å². The fourth-order valence-electron chi connectivity index (χ4n) is 4.50. The molecule has 1 amide bonds. The Labute approximate surface area is 188 Å². The summed E-state index contributed by atoms with van der Waals surface area (Å²) in [4.78, 5) is 30.3. The van der Waals surface area contributed by atoms with Crippen LogP contribution in [0.25, 0.3) is 5.65 Å². The smallest absolute Gasteiger partial charge is 0.274 e. The van der Waals surface area contributed by atoms with Gasteiger partial charge in [0.1, 0.15) is 29.1 Å². The maximum Gasteiger partial charge on any atom is 0.274 e. The molecule has 10 nitrogen and oxygen atoms in total. The molecular formula is C22H26FN7O3. The molecule has 11 heteroatoms. The summed E-state index contributed by atoms with van der Waals surface area (Å²) in [7, 11) is 1.72. The minimum absolute atomic E-state index is 0.0919. The van der Waals surface area contributed by atoms with Gasteiger partial charge in [-0.05, 0) is 44.2 Å². The van der Waals surface area contributed by atoms with Crippen LogP contribution < -0.4 is 21.5 Å². The molecule has 3 heterocycles. The molecule has 0 aliphatic heterocycles. The fraction of sp³-hybridized carbons (Fsp3) is 0.455. The van der Waals surface area contributed by atoms with Gasteiger partial charge in [0.25, 0.3) is 11.5 Å². The Bertz CT molecular complexity index is 1250. The lowest BCUT2D eigenvalue weighted by Crippen LogP contribution is -2.35. The number of fused-ring (bicyclic) bond motifs is 1. The number of hydrogen-bond donors (Lipinski definition) is 4. The van der Waals surface area contributed by atoms with Gasteiger partial charge < -0.3 is 25.6 Å². The van der Waals surface area contributed by atoms with Crippen molar-refractivity contribution >= 4 is 28.9 Å². The number of anilines is 3. The van der Waals surface area contributed by atoms with Crippen molar-refractivity contribution in [2.45, 2.75) is 56.5 Å². The van der Waals surface area contributed by atoms with E-state index in [0.717, 1.165) is 6.42 Å². The van der Waals surface area contributed by atoms with Gasteiger partial charge in [-0.15, -0.1) is 0 Å². The zero-order chi connectivity index (χ0) is 23.1. The molecule has 2 aliphatic carbocycles. The first-order chi connectivity index (χ1) is 15.9. The average molecular weight is 455 g/mol. The maximum atomic E-state index is 13.3. The number of amides is 1. The van der Waals surface area contributed by atoms with Crippen molar-refractivity contribution in [3.8, 4) is 0 Å². The molecule has 0 radical (unpaired) electrons. The third kappa shape index (κ3) is 4.04. The summed E-state index contributed by atoms with van der Waals surface area (Å²) in [5, 5.41) is 23.0. The van der Waals surface area contributed by atoms with Gasteiger partial charge in [-0.2, -0.15) is 9.61 Å². The standard InChI is InChI=1S/C22H26FN7O3/c1-24-19-10-18(27-17-3-2-6-29(22(17)33)14-7-12(23)8-14)28-20-16(11-25-30(19)20)21(32)26-13-4-5-15(31)9-13/h2-3,6,10-15,24,31H,4-5,7-9H2,1H3,(H,26,32)(H,27,28)/t12?,13?,14?,15-/m1/s1. The Balaban J connectivity index is 1.44. The molecule has 174 valence electrons. The highest BCUT2D eigenvalue weighted by Gasteiger charge is 2.31. The van der Waals surface area contributed by atoms with Crippen molar-refractivity contribution in [1.82, 2.24) is 24.5 Å². The van der Waals surface area contributed by atoms with Crippen molar-refractivity contribution in [2.24, 2.45) is 0 Å². The molecule has 3 aromatic rings. The molecule has 0 saturated heterocycles. The van der Waals surface area contributed by atoms with Crippen molar-refractivity contribution in [1.29, 1.82) is 0 Å². The van der Waals surface area contributed by atoms with Gasteiger partial charge >= 0.3 is 0 Å². The number of nitrogens with one attached hydrogen (secondary N) is 3. The normalized spacial score (nSPS) is 24.5. The fourth-order valence-corrected chi connectivity index (χ4v) is 4.50. The minimum atomic E-state index is -0.861. The first kappa shape index (κ1) is 21.4. The van der Waals surface area contributed by atoms with Gasteiger partial charge in [-0.25, -0.2) is 9.37 Å². The third-order valence-corrected chi connectivity index (χ3v) is 6.40. The molecule has 0 aromatic carbocycles. The molecule has 0 spiro atoms. The summed E-state index contributed by atoms with van der Waals surface area (Å²) < 4.78 is 16.3. The summed E-state index contributed by atoms with van der Waals surface area (Å²) in [6, 6.07) is 4.83. The van der Waals surface area contributed by atoms with E-state index in [1.807, 2.05) is 0 Å². The highest BCUT2D eigenvalue weighted by molar-refractivity contribution is 6.00. The predicted molar refractivity (Wildman–Crippen MR) is 121 cm³/mol. The first-order valence-corrected chi connectivity index (χ1v) is 11.1. The number of halogens is 1. The van der Waals surface area contributed by atoms with Crippen molar-refractivity contribution < 1.29 is 14.3 Å². The van der Waals surface area contributed by atoms with Crippen LogP contribution >= 0.6 is 0 Å². The monoisotopic (exact) mass is 455 g/mol. The zero-order valence-electron chi connectivity index (χ0n) is 18.2. The second-order valence-corrected chi connectivity index (χ2v) is 8.69. The van der Waals surface area contributed by atoms with Crippen molar-refractivity contribution in [2.75, 3.05) is 17.7 Å². The van der Waals surface area contributed by atoms with Crippen LogP contribution in [0, 0.1) is 0 Å². The molecule has 1 unspecified atom stereocenters. The molecule has 3 aromatic heterocycles. The van der Waals surface area contributed by atoms with E-state index in [1.165, 1.54) is 10.7 Å². The molecule has 2 atom stereocenters. The molecular weight excluding hydrogens is 429 g/mol. The summed E-state index contributed by atoms with van der Waals surface area (Å²) in [5.41, 5.74) is 0.680. The lowest BCUT2D eigenvalue weighted by atomic mass is 9.90. The Kier molecular flexibility index (Phi) is 5.49. The van der Waals surface area contributed by atoms with Crippen LogP contribution in [-0.4, -0.2) is 55.5 Å². The van der Waals surface area contributed by atoms with E-state index in [1.54, 1.807) is 36.0 Å². The third-order valence-electron chi connectivity index (χ3n) is 6.40. The second-order valence-electron chi connectivity index (χ2n) is 8.69. The molecule has 2 fully saturated rings. The van der Waals surface area contributed by atoms with Gasteiger partial charge in [0, 0.05) is 31.4 Å². The lowest BCUT2D eigenvalue weighted by molar-refractivity contribution is 0.0935. The van der Waals surface area contributed by atoms with Crippen LogP contribution in [0.15, 0.2) is 35.4 Å². The SMILES string of the molecule is CNc1cc(Nc2cccn(C3CC(F)C3)c2=O)nc2c(C(=O)NC3CC[C@@H](O)C3)cnn12. The largest absolute Gasteiger partial charge is 0.393 e. The Hall–Kier alpha value is -3.47. The van der Waals surface area contributed by atoms with Crippen LogP contribution in [0.4, 0.5) is 21.7 Å². The number of pyridine rings is 1. The maximum absolute atomic E-state index is 13.3. The van der Waals surface area contributed by atoms with E-state index in [9.17, 15) is 19.1 Å². The van der Waals surface area contributed by atoms with E-state index in [-0.39, 0.29) is 23.6 Å². The second kappa shape index (κ2) is 8.47. The van der Waals surface area contributed by atoms with Crippen LogP contribution in [0.3, 0.4) is 0 Å². The molecule has 2 saturated carbocycles. The first-order valence-electron chi connectivity index (χ1n) is 11.1. The number of carbonyl (C=O) groups excluding carboxylic acids is 1. The molecule has 33 heavy (non-hydrogen) atoms. The minimum Gasteiger partial charge on any atom is -0.393 e. The number of carbonyl (C=O) groups is 1.